The first-order valence-corrected chi connectivity index (χ1v) is 7.14. The zero-order valence-electron chi connectivity index (χ0n) is 9.69. The average Bonchev–Trinajstić information content (AvgIpc) is 2.33. The Morgan fingerprint density at radius 3 is 2.50 bits per heavy atom. The van der Waals surface area contributed by atoms with E-state index in [2.05, 4.69) is 28.8 Å². The number of aryl methyl sites for hydroxylation is 1. The molecule has 1 heterocycles. The van der Waals surface area contributed by atoms with Crippen LogP contribution in [0.25, 0.3) is 0 Å². The second-order valence-electron chi connectivity index (χ2n) is 4.30. The molecule has 0 bridgehead atoms. The molecule has 1 fully saturated rings. The summed E-state index contributed by atoms with van der Waals surface area (Å²) in [6, 6.07) is 8.27. The summed E-state index contributed by atoms with van der Waals surface area (Å²) in [6.07, 6.45) is 2.43. The molecule has 88 valence electrons. The molecule has 0 atom stereocenters. The Labute approximate surface area is 102 Å². The molecule has 1 aromatic rings. The first-order chi connectivity index (χ1) is 7.84. The molecule has 0 amide bonds. The predicted molar refractivity (Wildman–Crippen MR) is 72.9 cm³/mol. The van der Waals surface area contributed by atoms with Crippen molar-refractivity contribution in [2.75, 3.05) is 36.9 Å². The molecule has 0 saturated carbocycles. The van der Waals surface area contributed by atoms with E-state index < -0.39 is 0 Å². The van der Waals surface area contributed by atoms with Gasteiger partial charge in [-0.25, -0.2) is 0 Å². The van der Waals surface area contributed by atoms with Crippen LogP contribution in [0.1, 0.15) is 12.0 Å². The van der Waals surface area contributed by atoms with Gasteiger partial charge in [0, 0.05) is 30.3 Å². The van der Waals surface area contributed by atoms with Crippen LogP contribution in [0, 0.1) is 0 Å². The summed E-state index contributed by atoms with van der Waals surface area (Å²) in [5.41, 5.74) is 7.92. The Hall–Kier alpha value is -0.670. The minimum atomic E-state index is 0.858. The van der Waals surface area contributed by atoms with Gasteiger partial charge in [-0.2, -0.15) is 11.8 Å². The second kappa shape index (κ2) is 6.16. The highest BCUT2D eigenvalue weighted by atomic mass is 32.2. The van der Waals surface area contributed by atoms with Gasteiger partial charge in [0.1, 0.15) is 0 Å². The molecule has 1 aromatic carbocycles. The molecule has 3 heteroatoms. The lowest BCUT2D eigenvalue weighted by molar-refractivity contribution is 0.299. The van der Waals surface area contributed by atoms with Crippen molar-refractivity contribution in [2.24, 2.45) is 0 Å². The van der Waals surface area contributed by atoms with Crippen molar-refractivity contribution in [2.45, 2.75) is 12.8 Å². The molecule has 0 aliphatic carbocycles. The van der Waals surface area contributed by atoms with Gasteiger partial charge in [0.15, 0.2) is 0 Å². The molecule has 2 rings (SSSR count). The van der Waals surface area contributed by atoms with E-state index in [1.54, 1.807) is 0 Å². The highest BCUT2D eigenvalue weighted by molar-refractivity contribution is 7.99. The Balaban J connectivity index is 1.69. The summed E-state index contributed by atoms with van der Waals surface area (Å²) >= 11 is 2.07. The van der Waals surface area contributed by atoms with Crippen LogP contribution in [-0.2, 0) is 6.42 Å². The number of rotatable bonds is 4. The van der Waals surface area contributed by atoms with Gasteiger partial charge in [0.25, 0.3) is 0 Å². The Morgan fingerprint density at radius 2 is 1.81 bits per heavy atom. The molecule has 2 N–H and O–H groups in total. The topological polar surface area (TPSA) is 29.3 Å². The minimum absolute atomic E-state index is 0.858. The monoisotopic (exact) mass is 236 g/mol. The van der Waals surface area contributed by atoms with Gasteiger partial charge in [-0.15, -0.1) is 0 Å². The summed E-state index contributed by atoms with van der Waals surface area (Å²) < 4.78 is 0. The first kappa shape index (κ1) is 11.8. The molecule has 16 heavy (non-hydrogen) atoms. The van der Waals surface area contributed by atoms with E-state index in [4.69, 9.17) is 5.73 Å². The van der Waals surface area contributed by atoms with Gasteiger partial charge in [-0.05, 0) is 37.1 Å². The lowest BCUT2D eigenvalue weighted by Gasteiger charge is -2.25. The number of anilines is 1. The van der Waals surface area contributed by atoms with Crippen LogP contribution in [0.4, 0.5) is 5.69 Å². The minimum Gasteiger partial charge on any atom is -0.399 e. The van der Waals surface area contributed by atoms with Gasteiger partial charge in [-0.3, -0.25) is 0 Å². The van der Waals surface area contributed by atoms with Crippen LogP contribution < -0.4 is 5.73 Å². The van der Waals surface area contributed by atoms with Crippen molar-refractivity contribution in [1.29, 1.82) is 0 Å². The van der Waals surface area contributed by atoms with Crippen molar-refractivity contribution in [1.82, 2.24) is 4.90 Å². The largest absolute Gasteiger partial charge is 0.399 e. The quantitative estimate of drug-likeness (QED) is 0.813. The Morgan fingerprint density at radius 1 is 1.12 bits per heavy atom. The van der Waals surface area contributed by atoms with E-state index in [0.29, 0.717) is 0 Å². The number of nitrogens with zero attached hydrogens (tertiary/aromatic N) is 1. The number of hydrogen-bond donors (Lipinski definition) is 1. The highest BCUT2D eigenvalue weighted by Crippen LogP contribution is 2.11. The van der Waals surface area contributed by atoms with Crippen molar-refractivity contribution in [3.63, 3.8) is 0 Å². The van der Waals surface area contributed by atoms with Crippen molar-refractivity contribution >= 4 is 17.4 Å². The van der Waals surface area contributed by atoms with E-state index in [1.807, 2.05) is 12.1 Å². The normalized spacial score (nSPS) is 17.5. The fourth-order valence-corrected chi connectivity index (χ4v) is 2.99. The highest BCUT2D eigenvalue weighted by Gasteiger charge is 2.09. The van der Waals surface area contributed by atoms with Crippen molar-refractivity contribution in [3.05, 3.63) is 29.8 Å². The third kappa shape index (κ3) is 3.72. The molecule has 2 nitrogen and oxygen atoms in total. The van der Waals surface area contributed by atoms with E-state index >= 15 is 0 Å². The van der Waals surface area contributed by atoms with Gasteiger partial charge in [-0.1, -0.05) is 12.1 Å². The summed E-state index contributed by atoms with van der Waals surface area (Å²) in [4.78, 5) is 2.58. The smallest absolute Gasteiger partial charge is 0.0314 e. The van der Waals surface area contributed by atoms with E-state index in [0.717, 1.165) is 5.69 Å². The molecule has 0 aromatic heterocycles. The predicted octanol–water partition coefficient (Wildman–Crippen LogP) is 2.25. The van der Waals surface area contributed by atoms with E-state index in [-0.39, 0.29) is 0 Å². The molecular formula is C13H20N2S. The maximum Gasteiger partial charge on any atom is 0.0314 e. The molecule has 1 aliphatic rings. The molecule has 0 spiro atoms. The number of nitrogens with two attached hydrogens (primary N) is 1. The Kier molecular flexibility index (Phi) is 4.55. The average molecular weight is 236 g/mol. The van der Waals surface area contributed by atoms with Crippen molar-refractivity contribution < 1.29 is 0 Å². The molecule has 0 radical (unpaired) electrons. The second-order valence-corrected chi connectivity index (χ2v) is 5.52. The van der Waals surface area contributed by atoms with Crippen molar-refractivity contribution in [3.8, 4) is 0 Å². The van der Waals surface area contributed by atoms with Gasteiger partial charge >= 0.3 is 0 Å². The van der Waals surface area contributed by atoms with E-state index in [1.165, 1.54) is 49.5 Å². The standard InChI is InChI=1S/C13H20N2S/c14-13-5-3-12(4-6-13)2-1-7-15-8-10-16-11-9-15/h3-6H,1-2,7-11,14H2. The number of thioether (sulfide) groups is 1. The van der Waals surface area contributed by atoms with Gasteiger partial charge < -0.3 is 10.6 Å². The fourth-order valence-electron chi connectivity index (χ4n) is 2.02. The lowest BCUT2D eigenvalue weighted by atomic mass is 10.1. The van der Waals surface area contributed by atoms with Gasteiger partial charge in [0.05, 0.1) is 0 Å². The van der Waals surface area contributed by atoms with Crippen LogP contribution >= 0.6 is 11.8 Å². The summed E-state index contributed by atoms with van der Waals surface area (Å²) in [6.45, 7) is 3.78. The maximum absolute atomic E-state index is 5.66. The zero-order chi connectivity index (χ0) is 11.2. The summed E-state index contributed by atoms with van der Waals surface area (Å²) in [5, 5.41) is 0. The third-order valence-corrected chi connectivity index (χ3v) is 3.97. The van der Waals surface area contributed by atoms with Crippen LogP contribution in [0.5, 0.6) is 0 Å². The van der Waals surface area contributed by atoms with Crippen LogP contribution in [0.2, 0.25) is 0 Å². The molecule has 0 unspecified atom stereocenters. The van der Waals surface area contributed by atoms with Crippen LogP contribution in [-0.4, -0.2) is 36.0 Å². The number of hydrogen-bond acceptors (Lipinski definition) is 3. The fraction of sp³-hybridized carbons (Fsp3) is 0.538. The molecular weight excluding hydrogens is 216 g/mol. The SMILES string of the molecule is Nc1ccc(CCCN2CCSCC2)cc1. The lowest BCUT2D eigenvalue weighted by Crippen LogP contribution is -2.33. The third-order valence-electron chi connectivity index (χ3n) is 3.02. The molecule has 1 aliphatic heterocycles. The molecule has 1 saturated heterocycles. The first-order valence-electron chi connectivity index (χ1n) is 5.99. The van der Waals surface area contributed by atoms with E-state index in [9.17, 15) is 0 Å². The summed E-state index contributed by atoms with van der Waals surface area (Å²) in [7, 11) is 0. The summed E-state index contributed by atoms with van der Waals surface area (Å²) in [5.74, 6) is 2.61. The number of benzene rings is 1. The maximum atomic E-state index is 5.66. The number of nitrogen functional groups attached to an aromatic ring is 1. The van der Waals surface area contributed by atoms with Crippen LogP contribution in [0.15, 0.2) is 24.3 Å². The van der Waals surface area contributed by atoms with Gasteiger partial charge in [0.2, 0.25) is 0 Å². The van der Waals surface area contributed by atoms with Crippen LogP contribution in [0.3, 0.4) is 0 Å². The Bertz CT molecular complexity index is 304. The zero-order valence-corrected chi connectivity index (χ0v) is 10.5.